The number of benzene rings is 2. The molecule has 142 valence electrons. The number of anilines is 1. The maximum absolute atomic E-state index is 12.3. The number of Topliss-reactive ketones (excluding diaryl/α,β-unsaturated/α-hetero) is 1. The number of aromatic amines is 1. The van der Waals surface area contributed by atoms with Crippen molar-refractivity contribution in [1.29, 1.82) is 0 Å². The average Bonchev–Trinajstić information content (AvgIpc) is 2.68. The van der Waals surface area contributed by atoms with Crippen molar-refractivity contribution in [3.05, 3.63) is 76.1 Å². The molecule has 0 saturated carbocycles. The number of aromatic nitrogens is 1. The number of rotatable bonds is 5. The molecule has 1 heterocycles. The van der Waals surface area contributed by atoms with Gasteiger partial charge in [-0.3, -0.25) is 14.4 Å². The van der Waals surface area contributed by atoms with Crippen LogP contribution in [0.5, 0.6) is 0 Å². The second kappa shape index (κ2) is 7.87. The van der Waals surface area contributed by atoms with Crippen LogP contribution in [0.2, 0.25) is 0 Å². The first-order valence-corrected chi connectivity index (χ1v) is 8.60. The van der Waals surface area contributed by atoms with Crippen LogP contribution in [0.3, 0.4) is 0 Å². The van der Waals surface area contributed by atoms with Gasteiger partial charge in [-0.1, -0.05) is 12.1 Å². The van der Waals surface area contributed by atoms with E-state index in [1.807, 2.05) is 0 Å². The van der Waals surface area contributed by atoms with Gasteiger partial charge in [-0.05, 0) is 50.2 Å². The average molecular weight is 378 g/mol. The first kappa shape index (κ1) is 19.0. The van der Waals surface area contributed by atoms with Gasteiger partial charge >= 0.3 is 5.97 Å². The highest BCUT2D eigenvalue weighted by Crippen LogP contribution is 2.12. The summed E-state index contributed by atoms with van der Waals surface area (Å²) in [5.41, 5.74) is 1.15. The van der Waals surface area contributed by atoms with E-state index in [9.17, 15) is 19.2 Å². The third kappa shape index (κ3) is 4.15. The number of hydrogen-bond acceptors (Lipinski definition) is 5. The lowest BCUT2D eigenvalue weighted by molar-refractivity contribution is -0.123. The molecule has 0 radical (unpaired) electrons. The first-order valence-electron chi connectivity index (χ1n) is 8.60. The van der Waals surface area contributed by atoms with E-state index in [0.717, 1.165) is 6.07 Å². The lowest BCUT2D eigenvalue weighted by Gasteiger charge is -2.14. The van der Waals surface area contributed by atoms with Crippen LogP contribution in [0.4, 0.5) is 5.69 Å². The van der Waals surface area contributed by atoms with Gasteiger partial charge in [0.1, 0.15) is 5.69 Å². The molecule has 0 bridgehead atoms. The molecule has 28 heavy (non-hydrogen) atoms. The molecule has 7 nitrogen and oxygen atoms in total. The molecule has 0 aliphatic carbocycles. The summed E-state index contributed by atoms with van der Waals surface area (Å²) in [7, 11) is 0. The number of amides is 1. The smallest absolute Gasteiger partial charge is 0.355 e. The molecule has 0 fully saturated rings. The minimum Gasteiger partial charge on any atom is -0.448 e. The Labute approximate surface area is 160 Å². The van der Waals surface area contributed by atoms with Crippen LogP contribution < -0.4 is 10.7 Å². The van der Waals surface area contributed by atoms with Gasteiger partial charge in [0.15, 0.2) is 17.3 Å². The Hall–Kier alpha value is -3.74. The summed E-state index contributed by atoms with van der Waals surface area (Å²) >= 11 is 0. The molecule has 0 aliphatic heterocycles. The highest BCUT2D eigenvalue weighted by molar-refractivity contribution is 5.98. The van der Waals surface area contributed by atoms with E-state index in [1.165, 1.54) is 13.8 Å². The zero-order chi connectivity index (χ0) is 20.3. The number of carbonyl (C=O) groups excluding carboxylic acids is 3. The number of esters is 1. The second-order valence-corrected chi connectivity index (χ2v) is 6.26. The minimum absolute atomic E-state index is 0.0332. The fourth-order valence-electron chi connectivity index (χ4n) is 2.62. The van der Waals surface area contributed by atoms with Crippen LogP contribution in [-0.2, 0) is 9.53 Å². The van der Waals surface area contributed by atoms with E-state index >= 15 is 0 Å². The van der Waals surface area contributed by atoms with Crippen LogP contribution in [0.15, 0.2) is 59.4 Å². The molecule has 7 heteroatoms. The van der Waals surface area contributed by atoms with Crippen LogP contribution in [0.1, 0.15) is 34.7 Å². The van der Waals surface area contributed by atoms with Crippen LogP contribution in [0, 0.1) is 0 Å². The van der Waals surface area contributed by atoms with Crippen molar-refractivity contribution in [3.63, 3.8) is 0 Å². The van der Waals surface area contributed by atoms with Gasteiger partial charge in [0, 0.05) is 28.2 Å². The third-order valence-electron chi connectivity index (χ3n) is 4.17. The first-order chi connectivity index (χ1) is 13.3. The van der Waals surface area contributed by atoms with Crippen molar-refractivity contribution in [2.24, 2.45) is 0 Å². The number of carbonyl (C=O) groups is 3. The third-order valence-corrected chi connectivity index (χ3v) is 4.17. The topological polar surface area (TPSA) is 105 Å². The van der Waals surface area contributed by atoms with Gasteiger partial charge in [0.05, 0.1) is 0 Å². The summed E-state index contributed by atoms with van der Waals surface area (Å²) < 4.78 is 5.16. The van der Waals surface area contributed by atoms with Crippen molar-refractivity contribution in [2.75, 3.05) is 5.32 Å². The van der Waals surface area contributed by atoms with Gasteiger partial charge in [0.2, 0.25) is 0 Å². The molecule has 2 aromatic carbocycles. The molecule has 1 amide bonds. The minimum atomic E-state index is -1.09. The summed E-state index contributed by atoms with van der Waals surface area (Å²) in [4.78, 5) is 50.8. The van der Waals surface area contributed by atoms with Crippen molar-refractivity contribution >= 4 is 34.3 Å². The zero-order valence-corrected chi connectivity index (χ0v) is 15.3. The quantitative estimate of drug-likeness (QED) is 0.525. The van der Waals surface area contributed by atoms with E-state index in [0.29, 0.717) is 22.2 Å². The number of hydrogen-bond donors (Lipinski definition) is 2. The Balaban J connectivity index is 1.69. The van der Waals surface area contributed by atoms with Crippen LogP contribution >= 0.6 is 0 Å². The van der Waals surface area contributed by atoms with Crippen molar-refractivity contribution in [3.8, 4) is 0 Å². The van der Waals surface area contributed by atoms with Gasteiger partial charge < -0.3 is 15.0 Å². The van der Waals surface area contributed by atoms with Crippen molar-refractivity contribution in [2.45, 2.75) is 20.0 Å². The molecule has 2 N–H and O–H groups in total. The maximum Gasteiger partial charge on any atom is 0.355 e. The van der Waals surface area contributed by atoms with Gasteiger partial charge in [-0.2, -0.15) is 0 Å². The summed E-state index contributed by atoms with van der Waals surface area (Å²) in [5.74, 6) is -1.42. The number of ketones is 1. The van der Waals surface area contributed by atoms with Gasteiger partial charge in [0.25, 0.3) is 5.91 Å². The maximum atomic E-state index is 12.3. The van der Waals surface area contributed by atoms with E-state index in [2.05, 4.69) is 10.3 Å². The predicted molar refractivity (Wildman–Crippen MR) is 105 cm³/mol. The number of nitrogens with one attached hydrogen (secondary N) is 2. The fourth-order valence-corrected chi connectivity index (χ4v) is 2.62. The van der Waals surface area contributed by atoms with E-state index in [-0.39, 0.29) is 16.9 Å². The fraction of sp³-hybridized carbons (Fsp3) is 0.143. The SMILES string of the molecule is CC(=O)c1ccc(NC(=O)[C@H](C)OC(=O)c2cc(=O)c3ccccc3[nH]2)cc1. The highest BCUT2D eigenvalue weighted by atomic mass is 16.5. The summed E-state index contributed by atoms with van der Waals surface area (Å²) in [6.45, 7) is 2.88. The van der Waals surface area contributed by atoms with Gasteiger partial charge in [-0.25, -0.2) is 4.79 Å². The number of H-pyrrole nitrogens is 1. The summed E-state index contributed by atoms with van der Waals surface area (Å²) in [5, 5.41) is 3.06. The number of fused-ring (bicyclic) bond motifs is 1. The van der Waals surface area contributed by atoms with Gasteiger partial charge in [-0.15, -0.1) is 0 Å². The van der Waals surface area contributed by atoms with E-state index in [4.69, 9.17) is 4.74 Å². The molecule has 0 unspecified atom stereocenters. The molecule has 0 saturated heterocycles. The summed E-state index contributed by atoms with van der Waals surface area (Å²) in [6.07, 6.45) is -1.09. The second-order valence-electron chi connectivity index (χ2n) is 6.26. The van der Waals surface area contributed by atoms with E-state index in [1.54, 1.807) is 48.5 Å². The summed E-state index contributed by atoms with van der Waals surface area (Å²) in [6, 6.07) is 14.3. The normalized spacial score (nSPS) is 11.6. The molecule has 3 aromatic rings. The Bertz CT molecular complexity index is 1120. The van der Waals surface area contributed by atoms with Crippen LogP contribution in [-0.4, -0.2) is 28.7 Å². The Morgan fingerprint density at radius 2 is 1.71 bits per heavy atom. The molecular weight excluding hydrogens is 360 g/mol. The zero-order valence-electron chi connectivity index (χ0n) is 15.3. The lowest BCUT2D eigenvalue weighted by Crippen LogP contribution is -2.30. The Morgan fingerprint density at radius 1 is 1.04 bits per heavy atom. The number of ether oxygens (including phenoxy) is 1. The number of para-hydroxylation sites is 1. The molecular formula is C21H18N2O5. The molecule has 0 aliphatic rings. The predicted octanol–water partition coefficient (Wildman–Crippen LogP) is 2.91. The monoisotopic (exact) mass is 378 g/mol. The molecule has 1 atom stereocenters. The standard InChI is InChI=1S/C21H18N2O5/c1-12(24)14-7-9-15(10-8-14)22-20(26)13(2)28-21(27)18-11-19(25)16-5-3-4-6-17(16)23-18/h3-11,13H,1-2H3,(H,22,26)(H,23,25)/t13-/m0/s1. The molecule has 3 rings (SSSR count). The highest BCUT2D eigenvalue weighted by Gasteiger charge is 2.20. The van der Waals surface area contributed by atoms with Crippen LogP contribution in [0.25, 0.3) is 10.9 Å². The van der Waals surface area contributed by atoms with Crippen molar-refractivity contribution in [1.82, 2.24) is 4.98 Å². The largest absolute Gasteiger partial charge is 0.448 e. The van der Waals surface area contributed by atoms with E-state index < -0.39 is 18.0 Å². The number of pyridine rings is 1. The molecule has 1 aromatic heterocycles. The molecule has 0 spiro atoms. The van der Waals surface area contributed by atoms with Crippen molar-refractivity contribution < 1.29 is 19.1 Å². The Morgan fingerprint density at radius 3 is 2.39 bits per heavy atom. The Kier molecular flexibility index (Phi) is 5.35. The lowest BCUT2D eigenvalue weighted by atomic mass is 10.1.